The van der Waals surface area contributed by atoms with Crippen LogP contribution in [0.1, 0.15) is 68.0 Å². The normalized spacial score (nSPS) is 24.2. The number of anilines is 1. The van der Waals surface area contributed by atoms with Crippen molar-refractivity contribution in [3.05, 3.63) is 12.7 Å². The van der Waals surface area contributed by atoms with E-state index < -0.39 is 28.6 Å². The number of aromatic nitrogens is 4. The molecule has 0 saturated carbocycles. The van der Waals surface area contributed by atoms with Crippen molar-refractivity contribution in [2.24, 2.45) is 0 Å². The summed E-state index contributed by atoms with van der Waals surface area (Å²) in [4.78, 5) is 13.1. The second kappa shape index (κ2) is 9.74. The van der Waals surface area contributed by atoms with Crippen LogP contribution in [0.5, 0.6) is 0 Å². The number of ether oxygens (including phenoxy) is 2. The van der Waals surface area contributed by atoms with Crippen LogP contribution < -0.4 is 5.73 Å². The number of nitrogen functional groups attached to an aromatic ring is 1. The van der Waals surface area contributed by atoms with Gasteiger partial charge in [0.2, 0.25) is 0 Å². The monoisotopic (exact) mass is 537 g/mol. The Morgan fingerprint density at radius 3 is 2.22 bits per heavy atom. The highest BCUT2D eigenvalue weighted by Crippen LogP contribution is 2.47. The van der Waals surface area contributed by atoms with Crippen LogP contribution in [-0.2, 0) is 18.3 Å². The van der Waals surface area contributed by atoms with Gasteiger partial charge in [0.05, 0.1) is 25.1 Å². The molecule has 0 unspecified atom stereocenters. The van der Waals surface area contributed by atoms with Gasteiger partial charge >= 0.3 is 0 Å². The smallest absolute Gasteiger partial charge is 0.195 e. The van der Waals surface area contributed by atoms with E-state index in [-0.39, 0.29) is 22.3 Å². The van der Waals surface area contributed by atoms with E-state index >= 15 is 0 Å². The lowest BCUT2D eigenvalue weighted by molar-refractivity contribution is -0.267. The van der Waals surface area contributed by atoms with Gasteiger partial charge in [-0.25, -0.2) is 15.0 Å². The van der Waals surface area contributed by atoms with Crippen molar-refractivity contribution in [3.63, 3.8) is 0 Å². The van der Waals surface area contributed by atoms with Crippen LogP contribution in [0.2, 0.25) is 36.3 Å². The Bertz CT molecular complexity index is 1060. The van der Waals surface area contributed by atoms with Gasteiger partial charge in [0, 0.05) is 6.42 Å². The third-order valence-electron chi connectivity index (χ3n) is 7.99. The number of imidazole rings is 1. The second-order valence-electron chi connectivity index (χ2n) is 13.3. The average Bonchev–Trinajstić information content (AvgIpc) is 3.27. The Morgan fingerprint density at radius 1 is 1.06 bits per heavy atom. The fourth-order valence-electron chi connectivity index (χ4n) is 3.84. The molecule has 204 valence electrons. The van der Waals surface area contributed by atoms with Gasteiger partial charge in [-0.1, -0.05) is 41.5 Å². The standard InChI is InChI=1S/C25H47N5O4Si2/c1-17(2)32-25(14-31-35(9,10)23(3,4)5)13-18(34-36(11,12)24(6,7)8)22(33-25)30-16-29-19-20(26)27-15-28-21(19)30/h15-18,22H,13-14H2,1-12H3,(H2,26,27,28)/t18-,22-,25-/m1/s1. The number of hydrogen-bond acceptors (Lipinski definition) is 8. The van der Waals surface area contributed by atoms with Gasteiger partial charge < -0.3 is 24.1 Å². The number of fused-ring (bicyclic) bond motifs is 1. The van der Waals surface area contributed by atoms with Crippen molar-refractivity contribution in [1.29, 1.82) is 0 Å². The molecule has 2 aromatic rings. The number of nitrogens with zero attached hydrogens (tertiary/aromatic N) is 4. The van der Waals surface area contributed by atoms with Crippen LogP contribution in [-0.4, -0.2) is 60.8 Å². The van der Waals surface area contributed by atoms with Gasteiger partial charge in [-0.2, -0.15) is 0 Å². The highest BCUT2D eigenvalue weighted by Gasteiger charge is 2.54. The van der Waals surface area contributed by atoms with E-state index in [9.17, 15) is 0 Å². The Kier molecular flexibility index (Phi) is 7.89. The van der Waals surface area contributed by atoms with E-state index in [2.05, 4.69) is 82.7 Å². The summed E-state index contributed by atoms with van der Waals surface area (Å²) in [5, 5.41) is 0.0962. The van der Waals surface area contributed by atoms with Crippen LogP contribution in [0, 0.1) is 0 Å². The zero-order valence-corrected chi connectivity index (χ0v) is 26.3. The van der Waals surface area contributed by atoms with Gasteiger partial charge in [0.15, 0.2) is 40.1 Å². The second-order valence-corrected chi connectivity index (χ2v) is 22.9. The molecule has 36 heavy (non-hydrogen) atoms. The summed E-state index contributed by atoms with van der Waals surface area (Å²) in [7, 11) is -4.21. The quantitative estimate of drug-likeness (QED) is 0.417. The molecule has 2 N–H and O–H groups in total. The average molecular weight is 538 g/mol. The zero-order valence-electron chi connectivity index (χ0n) is 24.3. The molecule has 0 spiro atoms. The summed E-state index contributed by atoms with van der Waals surface area (Å²) in [5.41, 5.74) is 7.25. The molecule has 3 rings (SSSR count). The zero-order chi connectivity index (χ0) is 27.3. The highest BCUT2D eigenvalue weighted by molar-refractivity contribution is 6.74. The maximum atomic E-state index is 6.98. The summed E-state index contributed by atoms with van der Waals surface area (Å²) >= 11 is 0. The molecule has 0 radical (unpaired) electrons. The van der Waals surface area contributed by atoms with Crippen molar-refractivity contribution < 1.29 is 18.3 Å². The molecule has 1 aliphatic heterocycles. The van der Waals surface area contributed by atoms with Crippen LogP contribution in [0.3, 0.4) is 0 Å². The van der Waals surface area contributed by atoms with Gasteiger partial charge in [0.1, 0.15) is 11.8 Å². The molecule has 1 fully saturated rings. The lowest BCUT2D eigenvalue weighted by Crippen LogP contribution is -2.48. The number of rotatable bonds is 8. The molecular formula is C25H47N5O4Si2. The lowest BCUT2D eigenvalue weighted by atomic mass is 10.1. The first kappa shape index (κ1) is 29.2. The van der Waals surface area contributed by atoms with Crippen molar-refractivity contribution in [1.82, 2.24) is 19.5 Å². The van der Waals surface area contributed by atoms with E-state index in [0.29, 0.717) is 30.0 Å². The third-order valence-corrected chi connectivity index (χ3v) is 17.0. The Balaban J connectivity index is 2.05. The molecule has 0 bridgehead atoms. The molecule has 9 nitrogen and oxygen atoms in total. The molecular weight excluding hydrogens is 490 g/mol. The molecule has 2 aromatic heterocycles. The SMILES string of the molecule is CC(C)O[C@]1(CO[Si](C)(C)C(C)(C)C)C[C@@H](O[Si](C)(C)C(C)(C)C)[C@H](n2cnc3c(N)ncnc32)O1. The summed E-state index contributed by atoms with van der Waals surface area (Å²) in [5.74, 6) is -0.624. The van der Waals surface area contributed by atoms with Gasteiger partial charge in [-0.05, 0) is 50.1 Å². The van der Waals surface area contributed by atoms with E-state index in [1.165, 1.54) is 6.33 Å². The van der Waals surface area contributed by atoms with Crippen LogP contribution in [0.25, 0.3) is 11.2 Å². The van der Waals surface area contributed by atoms with E-state index in [0.717, 1.165) is 0 Å². The minimum absolute atomic E-state index is 0.0307. The van der Waals surface area contributed by atoms with Crippen molar-refractivity contribution >= 4 is 33.6 Å². The van der Waals surface area contributed by atoms with Crippen LogP contribution in [0.15, 0.2) is 12.7 Å². The third kappa shape index (κ3) is 5.86. The molecule has 1 aliphatic rings. The summed E-state index contributed by atoms with van der Waals surface area (Å²) in [6.07, 6.45) is 2.87. The molecule has 3 heterocycles. The highest BCUT2D eigenvalue weighted by atomic mass is 28.4. The maximum Gasteiger partial charge on any atom is 0.195 e. The maximum absolute atomic E-state index is 6.98. The molecule has 11 heteroatoms. The van der Waals surface area contributed by atoms with E-state index in [1.54, 1.807) is 6.33 Å². The van der Waals surface area contributed by atoms with Crippen molar-refractivity contribution in [2.75, 3.05) is 12.3 Å². The Hall–Kier alpha value is -1.38. The summed E-state index contributed by atoms with van der Waals surface area (Å²) in [6.45, 7) is 26.8. The molecule has 0 aromatic carbocycles. The fraction of sp³-hybridized carbons (Fsp3) is 0.800. The molecule has 0 amide bonds. The Labute approximate surface area is 218 Å². The van der Waals surface area contributed by atoms with Crippen LogP contribution >= 0.6 is 0 Å². The minimum Gasteiger partial charge on any atom is -0.411 e. The number of hydrogen-bond donors (Lipinski definition) is 1. The summed E-state index contributed by atoms with van der Waals surface area (Å²) in [6, 6.07) is 0. The largest absolute Gasteiger partial charge is 0.411 e. The van der Waals surface area contributed by atoms with Gasteiger partial charge in [-0.15, -0.1) is 0 Å². The molecule has 1 saturated heterocycles. The van der Waals surface area contributed by atoms with Gasteiger partial charge in [-0.3, -0.25) is 4.57 Å². The first-order chi connectivity index (χ1) is 16.3. The van der Waals surface area contributed by atoms with Crippen LogP contribution in [0.4, 0.5) is 5.82 Å². The van der Waals surface area contributed by atoms with Gasteiger partial charge in [0.25, 0.3) is 0 Å². The minimum atomic E-state index is -2.15. The fourth-order valence-corrected chi connectivity index (χ4v) is 6.16. The predicted molar refractivity (Wildman–Crippen MR) is 149 cm³/mol. The summed E-state index contributed by atoms with van der Waals surface area (Å²) < 4.78 is 28.9. The Morgan fingerprint density at radius 2 is 1.67 bits per heavy atom. The topological polar surface area (TPSA) is 107 Å². The predicted octanol–water partition coefficient (Wildman–Crippen LogP) is 5.86. The van der Waals surface area contributed by atoms with Crippen molar-refractivity contribution in [3.8, 4) is 0 Å². The van der Waals surface area contributed by atoms with E-state index in [1.807, 2.05) is 18.4 Å². The molecule has 0 aliphatic carbocycles. The van der Waals surface area contributed by atoms with E-state index in [4.69, 9.17) is 24.1 Å². The molecule has 3 atom stereocenters. The first-order valence-corrected chi connectivity index (χ1v) is 18.7. The number of nitrogens with two attached hydrogens (primary N) is 1. The first-order valence-electron chi connectivity index (χ1n) is 12.9. The van der Waals surface area contributed by atoms with Crippen molar-refractivity contribution in [2.45, 2.75) is 122 Å². The lowest BCUT2D eigenvalue weighted by Gasteiger charge is -2.40.